The number of imidazole rings is 1. The topological polar surface area (TPSA) is 60.1 Å². The van der Waals surface area contributed by atoms with Crippen LogP contribution in [0, 0.1) is 6.92 Å². The number of nitrogens with one attached hydrogen (secondary N) is 1. The molecule has 0 fully saturated rings. The summed E-state index contributed by atoms with van der Waals surface area (Å²) in [5.41, 5.74) is 2.99. The highest BCUT2D eigenvalue weighted by Gasteiger charge is 2.08. The first kappa shape index (κ1) is 18.7. The molecule has 0 radical (unpaired) electrons. The number of carbonyl (C=O) groups excluding carboxylic acids is 1. The van der Waals surface area contributed by atoms with Gasteiger partial charge in [0.05, 0.1) is 0 Å². The lowest BCUT2D eigenvalue weighted by molar-refractivity contribution is -0.116. The minimum absolute atomic E-state index is 0.0270. The minimum atomic E-state index is -0.0270. The summed E-state index contributed by atoms with van der Waals surface area (Å²) >= 11 is 0. The predicted octanol–water partition coefficient (Wildman–Crippen LogP) is 5.07. The van der Waals surface area contributed by atoms with Crippen LogP contribution in [-0.2, 0) is 17.8 Å². The molecular weight excluding hydrogens is 362 g/mol. The molecule has 0 spiro atoms. The maximum absolute atomic E-state index is 12.3. The smallest absolute Gasteiger partial charge is 0.224 e. The Morgan fingerprint density at radius 1 is 1.03 bits per heavy atom. The average Bonchev–Trinajstić information content (AvgIpc) is 3.38. The molecule has 4 rings (SSSR count). The van der Waals surface area contributed by atoms with Crippen molar-refractivity contribution in [3.05, 3.63) is 96.3 Å². The van der Waals surface area contributed by atoms with Gasteiger partial charge < -0.3 is 14.3 Å². The highest BCUT2D eigenvalue weighted by molar-refractivity contribution is 5.90. The monoisotopic (exact) mass is 385 g/mol. The maximum atomic E-state index is 12.3. The van der Waals surface area contributed by atoms with E-state index in [-0.39, 0.29) is 5.91 Å². The molecule has 5 heteroatoms. The van der Waals surface area contributed by atoms with E-state index >= 15 is 0 Å². The van der Waals surface area contributed by atoms with Crippen molar-refractivity contribution >= 4 is 11.6 Å². The Morgan fingerprint density at radius 2 is 1.83 bits per heavy atom. The fourth-order valence-corrected chi connectivity index (χ4v) is 3.19. The van der Waals surface area contributed by atoms with Crippen LogP contribution in [0.25, 0.3) is 11.3 Å². The largest absolute Gasteiger partial charge is 0.461 e. The van der Waals surface area contributed by atoms with Gasteiger partial charge in [0.2, 0.25) is 5.91 Å². The number of hydrogen-bond acceptors (Lipinski definition) is 3. The molecule has 0 aliphatic heterocycles. The molecule has 29 heavy (non-hydrogen) atoms. The van der Waals surface area contributed by atoms with Gasteiger partial charge >= 0.3 is 0 Å². The van der Waals surface area contributed by atoms with Gasteiger partial charge in [-0.15, -0.1) is 0 Å². The fraction of sp³-hybridized carbons (Fsp3) is 0.167. The molecule has 1 N–H and O–H groups in total. The number of rotatable bonds is 7. The Morgan fingerprint density at radius 3 is 2.55 bits per heavy atom. The normalized spacial score (nSPS) is 10.8. The highest BCUT2D eigenvalue weighted by Crippen LogP contribution is 2.22. The Hall–Kier alpha value is -3.60. The second kappa shape index (κ2) is 8.61. The van der Waals surface area contributed by atoms with Crippen LogP contribution >= 0.6 is 0 Å². The summed E-state index contributed by atoms with van der Waals surface area (Å²) in [6.45, 7) is 2.75. The van der Waals surface area contributed by atoms with Crippen LogP contribution in [0.3, 0.4) is 0 Å². The minimum Gasteiger partial charge on any atom is -0.461 e. The van der Waals surface area contributed by atoms with E-state index < -0.39 is 0 Å². The van der Waals surface area contributed by atoms with E-state index in [4.69, 9.17) is 4.42 Å². The van der Waals surface area contributed by atoms with Gasteiger partial charge in [0.1, 0.15) is 17.3 Å². The second-order valence-corrected chi connectivity index (χ2v) is 6.98. The van der Waals surface area contributed by atoms with Crippen molar-refractivity contribution in [1.29, 1.82) is 0 Å². The van der Waals surface area contributed by atoms with Gasteiger partial charge in [0.25, 0.3) is 0 Å². The number of aromatic nitrogens is 2. The lowest BCUT2D eigenvalue weighted by Gasteiger charge is -2.08. The quantitative estimate of drug-likeness (QED) is 0.483. The fourth-order valence-electron chi connectivity index (χ4n) is 3.19. The number of benzene rings is 2. The molecule has 0 aliphatic carbocycles. The van der Waals surface area contributed by atoms with Gasteiger partial charge in [-0.1, -0.05) is 42.5 Å². The first-order valence-corrected chi connectivity index (χ1v) is 9.68. The summed E-state index contributed by atoms with van der Waals surface area (Å²) < 4.78 is 7.94. The number of aryl methyl sites for hydroxylation is 2. The third kappa shape index (κ3) is 4.82. The van der Waals surface area contributed by atoms with Gasteiger partial charge in [-0.05, 0) is 36.8 Å². The molecule has 2 heterocycles. The van der Waals surface area contributed by atoms with E-state index in [0.29, 0.717) is 12.8 Å². The van der Waals surface area contributed by atoms with Gasteiger partial charge in [-0.3, -0.25) is 4.79 Å². The van der Waals surface area contributed by atoms with Crippen molar-refractivity contribution in [2.75, 3.05) is 5.32 Å². The van der Waals surface area contributed by atoms with Gasteiger partial charge in [-0.2, -0.15) is 0 Å². The summed E-state index contributed by atoms with van der Waals surface area (Å²) in [4.78, 5) is 16.5. The van der Waals surface area contributed by atoms with Gasteiger partial charge in [0, 0.05) is 43.0 Å². The average molecular weight is 385 g/mol. The molecule has 5 nitrogen and oxygen atoms in total. The molecule has 0 bridgehead atoms. The predicted molar refractivity (Wildman–Crippen MR) is 114 cm³/mol. The molecular formula is C24H23N3O2. The zero-order valence-electron chi connectivity index (χ0n) is 16.3. The molecule has 0 saturated heterocycles. The Labute approximate surface area is 170 Å². The van der Waals surface area contributed by atoms with Crippen LogP contribution in [0.15, 0.2) is 83.5 Å². The number of amides is 1. The molecule has 1 amide bonds. The van der Waals surface area contributed by atoms with E-state index in [0.717, 1.165) is 40.7 Å². The van der Waals surface area contributed by atoms with Crippen LogP contribution < -0.4 is 5.32 Å². The van der Waals surface area contributed by atoms with Crippen molar-refractivity contribution in [1.82, 2.24) is 9.55 Å². The van der Waals surface area contributed by atoms with Crippen molar-refractivity contribution < 1.29 is 9.21 Å². The lowest BCUT2D eigenvalue weighted by atomic mass is 10.2. The second-order valence-electron chi connectivity index (χ2n) is 6.98. The number of carbonyl (C=O) groups is 1. The highest BCUT2D eigenvalue weighted by atomic mass is 16.3. The molecule has 146 valence electrons. The lowest BCUT2D eigenvalue weighted by Crippen LogP contribution is -2.12. The molecule has 0 atom stereocenters. The zero-order chi connectivity index (χ0) is 20.1. The summed E-state index contributed by atoms with van der Waals surface area (Å²) in [7, 11) is 0. The number of furan rings is 1. The number of nitrogens with zero attached hydrogens (tertiary/aromatic N) is 2. The zero-order valence-corrected chi connectivity index (χ0v) is 16.3. The molecule has 2 aromatic heterocycles. The van der Waals surface area contributed by atoms with Gasteiger partial charge in [0.15, 0.2) is 0 Å². The summed E-state index contributed by atoms with van der Waals surface area (Å²) in [5, 5.41) is 2.95. The number of hydrogen-bond donors (Lipinski definition) is 1. The van der Waals surface area contributed by atoms with E-state index in [1.54, 1.807) is 6.20 Å². The third-order valence-electron chi connectivity index (χ3n) is 4.83. The van der Waals surface area contributed by atoms with Crippen molar-refractivity contribution in [3.63, 3.8) is 0 Å². The molecule has 0 unspecified atom stereocenters. The Balaban J connectivity index is 1.29. The van der Waals surface area contributed by atoms with Crippen LogP contribution in [0.5, 0.6) is 0 Å². The van der Waals surface area contributed by atoms with Crippen LogP contribution in [0.4, 0.5) is 5.69 Å². The molecule has 0 aliphatic rings. The van der Waals surface area contributed by atoms with E-state index in [1.807, 2.05) is 79.9 Å². The van der Waals surface area contributed by atoms with Crippen LogP contribution in [-0.4, -0.2) is 15.5 Å². The summed E-state index contributed by atoms with van der Waals surface area (Å²) in [5.74, 6) is 2.59. The molecule has 2 aromatic carbocycles. The van der Waals surface area contributed by atoms with E-state index in [9.17, 15) is 4.79 Å². The van der Waals surface area contributed by atoms with Gasteiger partial charge in [-0.25, -0.2) is 4.98 Å². The first-order valence-electron chi connectivity index (χ1n) is 9.68. The van der Waals surface area contributed by atoms with E-state index in [1.165, 1.54) is 0 Å². The summed E-state index contributed by atoms with van der Waals surface area (Å²) in [6.07, 6.45) is 4.70. The maximum Gasteiger partial charge on any atom is 0.224 e. The van der Waals surface area contributed by atoms with Crippen molar-refractivity contribution in [2.24, 2.45) is 0 Å². The standard InChI is InChI=1S/C24H23N3O2/c1-18-25-15-16-27(18)17-19-7-9-21(10-8-19)26-24(28)14-12-22-11-13-23(29-22)20-5-3-2-4-6-20/h2-11,13,15-16H,12,14,17H2,1H3,(H,26,28). The molecule has 4 aromatic rings. The first-order chi connectivity index (χ1) is 14.2. The van der Waals surface area contributed by atoms with Crippen LogP contribution in [0.2, 0.25) is 0 Å². The van der Waals surface area contributed by atoms with Crippen molar-refractivity contribution in [3.8, 4) is 11.3 Å². The Kier molecular flexibility index (Phi) is 5.56. The number of anilines is 1. The van der Waals surface area contributed by atoms with Crippen LogP contribution in [0.1, 0.15) is 23.6 Å². The third-order valence-corrected chi connectivity index (χ3v) is 4.83. The van der Waals surface area contributed by atoms with Crippen molar-refractivity contribution in [2.45, 2.75) is 26.3 Å². The summed E-state index contributed by atoms with van der Waals surface area (Å²) in [6, 6.07) is 21.7. The Bertz CT molecular complexity index is 1080. The SMILES string of the molecule is Cc1nccn1Cc1ccc(NC(=O)CCc2ccc(-c3ccccc3)o2)cc1. The van der Waals surface area contributed by atoms with E-state index in [2.05, 4.69) is 14.9 Å². The molecule has 0 saturated carbocycles.